The molecule has 2 N–H and O–H groups in total. The fraction of sp³-hybridized carbons (Fsp3) is 0.333. The molecule has 1 heterocycles. The van der Waals surface area contributed by atoms with E-state index in [0.29, 0.717) is 56.7 Å². The maximum atomic E-state index is 13.4. The summed E-state index contributed by atoms with van der Waals surface area (Å²) in [7, 11) is 0. The van der Waals surface area contributed by atoms with E-state index >= 15 is 0 Å². The van der Waals surface area contributed by atoms with E-state index in [1.54, 1.807) is 15.9 Å². The molecule has 6 heteroatoms. The fourth-order valence-electron chi connectivity index (χ4n) is 3.34. The van der Waals surface area contributed by atoms with Gasteiger partial charge in [0.15, 0.2) is 0 Å². The van der Waals surface area contributed by atoms with Crippen LogP contribution in [0.1, 0.15) is 28.8 Å². The number of aryl methyl sites for hydroxylation is 1. The molecule has 2 aromatic rings. The van der Waals surface area contributed by atoms with Gasteiger partial charge in [0.25, 0.3) is 5.91 Å². The normalized spacial score (nSPS) is 14.7. The molecule has 27 heavy (non-hydrogen) atoms. The van der Waals surface area contributed by atoms with E-state index < -0.39 is 5.82 Å². The van der Waals surface area contributed by atoms with Crippen molar-refractivity contribution >= 4 is 17.5 Å². The SMILES string of the molecule is Nc1ccccc1CCC(=O)N1CCCN(C(=O)c2cccc(F)c2)CC1. The predicted molar refractivity (Wildman–Crippen MR) is 103 cm³/mol. The maximum absolute atomic E-state index is 13.4. The Morgan fingerprint density at radius 3 is 2.48 bits per heavy atom. The summed E-state index contributed by atoms with van der Waals surface area (Å²) >= 11 is 0. The van der Waals surface area contributed by atoms with E-state index in [9.17, 15) is 14.0 Å². The number of carbonyl (C=O) groups is 2. The number of halogens is 1. The number of nitrogen functional groups attached to an aromatic ring is 1. The summed E-state index contributed by atoms with van der Waals surface area (Å²) in [5.41, 5.74) is 7.95. The van der Waals surface area contributed by atoms with E-state index in [1.807, 2.05) is 24.3 Å². The summed E-state index contributed by atoms with van der Waals surface area (Å²) in [6.07, 6.45) is 1.71. The van der Waals surface area contributed by atoms with Gasteiger partial charge in [0.1, 0.15) is 5.82 Å². The van der Waals surface area contributed by atoms with Gasteiger partial charge < -0.3 is 15.5 Å². The largest absolute Gasteiger partial charge is 0.399 e. The molecule has 0 radical (unpaired) electrons. The lowest BCUT2D eigenvalue weighted by molar-refractivity contribution is -0.131. The summed E-state index contributed by atoms with van der Waals surface area (Å²) in [5, 5.41) is 0. The van der Waals surface area contributed by atoms with Crippen molar-refractivity contribution in [3.63, 3.8) is 0 Å². The zero-order valence-electron chi connectivity index (χ0n) is 15.2. The lowest BCUT2D eigenvalue weighted by Gasteiger charge is -2.22. The van der Waals surface area contributed by atoms with Gasteiger partial charge in [0, 0.05) is 43.9 Å². The van der Waals surface area contributed by atoms with Crippen LogP contribution in [0.15, 0.2) is 48.5 Å². The molecular formula is C21H24FN3O2. The molecule has 1 saturated heterocycles. The van der Waals surface area contributed by atoms with Gasteiger partial charge in [0.2, 0.25) is 5.91 Å². The van der Waals surface area contributed by atoms with Crippen LogP contribution in [0.3, 0.4) is 0 Å². The molecule has 0 bridgehead atoms. The van der Waals surface area contributed by atoms with Gasteiger partial charge in [0.05, 0.1) is 0 Å². The third-order valence-electron chi connectivity index (χ3n) is 4.87. The van der Waals surface area contributed by atoms with E-state index in [1.165, 1.54) is 18.2 Å². The van der Waals surface area contributed by atoms with Crippen molar-refractivity contribution in [3.8, 4) is 0 Å². The Hall–Kier alpha value is -2.89. The number of hydrogen-bond donors (Lipinski definition) is 1. The Bertz CT molecular complexity index is 825. The van der Waals surface area contributed by atoms with Crippen LogP contribution in [-0.2, 0) is 11.2 Å². The molecule has 1 fully saturated rings. The topological polar surface area (TPSA) is 66.6 Å². The standard InChI is InChI=1S/C21H24FN3O2/c22-18-7-3-6-17(15-18)21(27)25-12-4-11-24(13-14-25)20(26)10-9-16-5-1-2-8-19(16)23/h1-3,5-8,15H,4,9-14,23H2. The maximum Gasteiger partial charge on any atom is 0.254 e. The lowest BCUT2D eigenvalue weighted by Crippen LogP contribution is -2.37. The number of benzene rings is 2. The van der Waals surface area contributed by atoms with Gasteiger partial charge in [-0.05, 0) is 42.7 Å². The molecule has 1 aliphatic heterocycles. The third-order valence-corrected chi connectivity index (χ3v) is 4.87. The average Bonchev–Trinajstić information content (AvgIpc) is 2.93. The summed E-state index contributed by atoms with van der Waals surface area (Å²) < 4.78 is 13.4. The number of anilines is 1. The van der Waals surface area contributed by atoms with Gasteiger partial charge in [-0.3, -0.25) is 9.59 Å². The highest BCUT2D eigenvalue weighted by Gasteiger charge is 2.23. The van der Waals surface area contributed by atoms with E-state index in [2.05, 4.69) is 0 Å². The van der Waals surface area contributed by atoms with Gasteiger partial charge in [-0.15, -0.1) is 0 Å². The Kier molecular flexibility index (Phi) is 6.06. The summed E-state index contributed by atoms with van der Waals surface area (Å²) in [5.74, 6) is -0.549. The average molecular weight is 369 g/mol. The zero-order chi connectivity index (χ0) is 19.2. The Morgan fingerprint density at radius 1 is 0.963 bits per heavy atom. The monoisotopic (exact) mass is 369 g/mol. The lowest BCUT2D eigenvalue weighted by atomic mass is 10.1. The van der Waals surface area contributed by atoms with E-state index in [-0.39, 0.29) is 11.8 Å². The molecule has 2 aromatic carbocycles. The van der Waals surface area contributed by atoms with Crippen LogP contribution >= 0.6 is 0 Å². The molecule has 5 nitrogen and oxygen atoms in total. The highest BCUT2D eigenvalue weighted by Crippen LogP contribution is 2.15. The van der Waals surface area contributed by atoms with Crippen molar-refractivity contribution in [2.24, 2.45) is 0 Å². The highest BCUT2D eigenvalue weighted by atomic mass is 19.1. The van der Waals surface area contributed by atoms with E-state index in [0.717, 1.165) is 5.56 Å². The van der Waals surface area contributed by atoms with Crippen LogP contribution in [0.25, 0.3) is 0 Å². The quantitative estimate of drug-likeness (QED) is 0.843. The number of nitrogens with zero attached hydrogens (tertiary/aromatic N) is 2. The highest BCUT2D eigenvalue weighted by molar-refractivity contribution is 5.94. The van der Waals surface area contributed by atoms with Gasteiger partial charge in [-0.25, -0.2) is 4.39 Å². The minimum atomic E-state index is -0.423. The fourth-order valence-corrected chi connectivity index (χ4v) is 3.34. The molecule has 1 aliphatic rings. The second-order valence-corrected chi connectivity index (χ2v) is 6.74. The molecule has 0 atom stereocenters. The Morgan fingerprint density at radius 2 is 1.70 bits per heavy atom. The number of carbonyl (C=O) groups excluding carboxylic acids is 2. The summed E-state index contributed by atoms with van der Waals surface area (Å²) in [6, 6.07) is 13.3. The van der Waals surface area contributed by atoms with Gasteiger partial charge >= 0.3 is 0 Å². The minimum absolute atomic E-state index is 0.0679. The van der Waals surface area contributed by atoms with Crippen molar-refractivity contribution < 1.29 is 14.0 Å². The first-order valence-electron chi connectivity index (χ1n) is 9.20. The first-order chi connectivity index (χ1) is 13.0. The first kappa shape index (κ1) is 18.9. The smallest absolute Gasteiger partial charge is 0.254 e. The molecule has 0 spiro atoms. The number of amides is 2. The number of nitrogens with two attached hydrogens (primary N) is 1. The molecule has 3 rings (SSSR count). The van der Waals surface area contributed by atoms with Crippen molar-refractivity contribution in [1.82, 2.24) is 9.80 Å². The van der Waals surface area contributed by atoms with Gasteiger partial charge in [-0.1, -0.05) is 24.3 Å². The Labute approximate surface area is 158 Å². The molecule has 142 valence electrons. The first-order valence-corrected chi connectivity index (χ1v) is 9.20. The molecule has 0 aliphatic carbocycles. The van der Waals surface area contributed by atoms with Crippen LogP contribution in [-0.4, -0.2) is 47.8 Å². The molecule has 0 unspecified atom stereocenters. The van der Waals surface area contributed by atoms with Crippen LogP contribution in [0.4, 0.5) is 10.1 Å². The number of rotatable bonds is 4. The molecular weight excluding hydrogens is 345 g/mol. The second kappa shape index (κ2) is 8.66. The predicted octanol–water partition coefficient (Wildman–Crippen LogP) is 2.72. The van der Waals surface area contributed by atoms with Crippen molar-refractivity contribution in [2.75, 3.05) is 31.9 Å². The van der Waals surface area contributed by atoms with Gasteiger partial charge in [-0.2, -0.15) is 0 Å². The summed E-state index contributed by atoms with van der Waals surface area (Å²) in [6.45, 7) is 2.12. The second-order valence-electron chi connectivity index (χ2n) is 6.74. The number of hydrogen-bond acceptors (Lipinski definition) is 3. The number of para-hydroxylation sites is 1. The van der Waals surface area contributed by atoms with E-state index in [4.69, 9.17) is 5.73 Å². The molecule has 2 amide bonds. The summed E-state index contributed by atoms with van der Waals surface area (Å²) in [4.78, 5) is 28.6. The van der Waals surface area contributed by atoms with Crippen LogP contribution < -0.4 is 5.73 Å². The van der Waals surface area contributed by atoms with Crippen LogP contribution in [0.2, 0.25) is 0 Å². The van der Waals surface area contributed by atoms with Crippen molar-refractivity contribution in [3.05, 3.63) is 65.5 Å². The van der Waals surface area contributed by atoms with Crippen LogP contribution in [0, 0.1) is 5.82 Å². The van der Waals surface area contributed by atoms with Crippen molar-refractivity contribution in [2.45, 2.75) is 19.3 Å². The molecule has 0 aromatic heterocycles. The molecule has 0 saturated carbocycles. The Balaban J connectivity index is 1.55. The minimum Gasteiger partial charge on any atom is -0.399 e. The van der Waals surface area contributed by atoms with Crippen LogP contribution in [0.5, 0.6) is 0 Å². The van der Waals surface area contributed by atoms with Crippen molar-refractivity contribution in [1.29, 1.82) is 0 Å². The third kappa shape index (κ3) is 4.84. The zero-order valence-corrected chi connectivity index (χ0v) is 15.2.